The fourth-order valence-corrected chi connectivity index (χ4v) is 3.20. The number of aromatic hydroxyl groups is 1. The van der Waals surface area contributed by atoms with Gasteiger partial charge in [-0.3, -0.25) is 9.36 Å². The SMILES string of the molecule is O=C(NCc1cccnc1-n1ccnc1)C1CC(c2ccccc2O)NN1. The highest BCUT2D eigenvalue weighted by molar-refractivity contribution is 5.82. The van der Waals surface area contributed by atoms with Gasteiger partial charge < -0.3 is 10.4 Å². The number of aromatic nitrogens is 3. The van der Waals surface area contributed by atoms with Gasteiger partial charge in [0.1, 0.15) is 23.9 Å². The molecule has 8 heteroatoms. The molecule has 0 aliphatic carbocycles. The molecule has 4 N–H and O–H groups in total. The first kappa shape index (κ1) is 17.2. The van der Waals surface area contributed by atoms with Crippen LogP contribution in [0.3, 0.4) is 0 Å². The minimum Gasteiger partial charge on any atom is -0.508 e. The first-order valence-electron chi connectivity index (χ1n) is 8.71. The van der Waals surface area contributed by atoms with E-state index in [0.29, 0.717) is 13.0 Å². The number of hydrogen-bond donors (Lipinski definition) is 4. The van der Waals surface area contributed by atoms with Crippen molar-refractivity contribution in [2.45, 2.75) is 25.0 Å². The van der Waals surface area contributed by atoms with Crippen LogP contribution in [0, 0.1) is 0 Å². The third-order valence-electron chi connectivity index (χ3n) is 4.60. The Morgan fingerprint density at radius 3 is 2.93 bits per heavy atom. The minimum absolute atomic E-state index is 0.110. The number of rotatable bonds is 5. The lowest BCUT2D eigenvalue weighted by Crippen LogP contribution is -2.43. The maximum atomic E-state index is 12.6. The van der Waals surface area contributed by atoms with E-state index in [-0.39, 0.29) is 23.7 Å². The average molecular weight is 364 g/mol. The number of hydrazine groups is 1. The topological polar surface area (TPSA) is 104 Å². The predicted octanol–water partition coefficient (Wildman–Crippen LogP) is 1.20. The van der Waals surface area contributed by atoms with Crippen molar-refractivity contribution in [1.82, 2.24) is 30.7 Å². The first-order valence-corrected chi connectivity index (χ1v) is 8.71. The fraction of sp³-hybridized carbons (Fsp3) is 0.211. The molecular formula is C19H20N6O2. The quantitative estimate of drug-likeness (QED) is 0.542. The van der Waals surface area contributed by atoms with Crippen LogP contribution in [-0.4, -0.2) is 31.6 Å². The van der Waals surface area contributed by atoms with Gasteiger partial charge in [0.05, 0.1) is 6.04 Å². The number of carbonyl (C=O) groups is 1. The van der Waals surface area contributed by atoms with E-state index in [9.17, 15) is 9.90 Å². The van der Waals surface area contributed by atoms with Crippen LogP contribution in [0.1, 0.15) is 23.6 Å². The number of nitrogens with zero attached hydrogens (tertiary/aromatic N) is 3. The smallest absolute Gasteiger partial charge is 0.238 e. The molecule has 2 aromatic heterocycles. The van der Waals surface area contributed by atoms with Gasteiger partial charge in [-0.15, -0.1) is 0 Å². The van der Waals surface area contributed by atoms with Crippen LogP contribution in [0.25, 0.3) is 5.82 Å². The zero-order valence-electron chi connectivity index (χ0n) is 14.5. The van der Waals surface area contributed by atoms with E-state index < -0.39 is 0 Å². The molecule has 0 spiro atoms. The Kier molecular flexibility index (Phi) is 4.82. The largest absolute Gasteiger partial charge is 0.508 e. The second kappa shape index (κ2) is 7.56. The van der Waals surface area contributed by atoms with Crippen LogP contribution in [-0.2, 0) is 11.3 Å². The maximum Gasteiger partial charge on any atom is 0.238 e. The molecule has 3 aromatic rings. The molecule has 1 amide bonds. The van der Waals surface area contributed by atoms with Crippen LogP contribution >= 0.6 is 0 Å². The van der Waals surface area contributed by atoms with Crippen molar-refractivity contribution in [1.29, 1.82) is 0 Å². The summed E-state index contributed by atoms with van der Waals surface area (Å²) in [5.74, 6) is 0.846. The first-order chi connectivity index (χ1) is 13.2. The molecule has 138 valence electrons. The van der Waals surface area contributed by atoms with E-state index >= 15 is 0 Å². The molecule has 2 unspecified atom stereocenters. The fourth-order valence-electron chi connectivity index (χ4n) is 3.20. The van der Waals surface area contributed by atoms with Crippen molar-refractivity contribution < 1.29 is 9.90 Å². The number of phenolic OH excluding ortho intramolecular Hbond substituents is 1. The lowest BCUT2D eigenvalue weighted by Gasteiger charge is -2.13. The predicted molar refractivity (Wildman–Crippen MR) is 98.7 cm³/mol. The zero-order chi connectivity index (χ0) is 18.6. The number of amides is 1. The molecule has 1 aliphatic rings. The molecule has 4 rings (SSSR count). The normalized spacial score (nSPS) is 19.1. The van der Waals surface area contributed by atoms with Gasteiger partial charge in [0.25, 0.3) is 0 Å². The number of benzene rings is 1. The van der Waals surface area contributed by atoms with E-state index in [4.69, 9.17) is 0 Å². The standard InChI is InChI=1S/C19H20N6O2/c26-17-6-2-1-5-14(17)15-10-16(24-23-15)19(27)22-11-13-4-3-7-21-18(13)25-9-8-20-12-25/h1-9,12,15-16,23-24,26H,10-11H2,(H,22,27). The van der Waals surface area contributed by atoms with E-state index in [1.54, 1.807) is 30.9 Å². The van der Waals surface area contributed by atoms with Gasteiger partial charge >= 0.3 is 0 Å². The summed E-state index contributed by atoms with van der Waals surface area (Å²) in [4.78, 5) is 21.0. The van der Waals surface area contributed by atoms with Gasteiger partial charge in [-0.2, -0.15) is 0 Å². The maximum absolute atomic E-state index is 12.6. The number of para-hydroxylation sites is 1. The summed E-state index contributed by atoms with van der Waals surface area (Å²) in [5, 5.41) is 12.9. The molecule has 0 radical (unpaired) electrons. The molecular weight excluding hydrogens is 344 g/mol. The minimum atomic E-state index is -0.386. The Morgan fingerprint density at radius 1 is 1.22 bits per heavy atom. The Morgan fingerprint density at radius 2 is 2.11 bits per heavy atom. The van der Waals surface area contributed by atoms with Crippen molar-refractivity contribution >= 4 is 5.91 Å². The Bertz CT molecular complexity index is 927. The van der Waals surface area contributed by atoms with Gasteiger partial charge in [-0.25, -0.2) is 20.8 Å². The number of nitrogens with one attached hydrogen (secondary N) is 3. The highest BCUT2D eigenvalue weighted by Gasteiger charge is 2.31. The van der Waals surface area contributed by atoms with E-state index in [1.807, 2.05) is 35.0 Å². The monoisotopic (exact) mass is 364 g/mol. The molecule has 27 heavy (non-hydrogen) atoms. The van der Waals surface area contributed by atoms with Gasteiger partial charge in [0, 0.05) is 36.3 Å². The molecule has 1 fully saturated rings. The summed E-state index contributed by atoms with van der Waals surface area (Å²) >= 11 is 0. The van der Waals surface area contributed by atoms with Crippen LogP contribution in [0.15, 0.2) is 61.3 Å². The highest BCUT2D eigenvalue weighted by atomic mass is 16.3. The van der Waals surface area contributed by atoms with Gasteiger partial charge in [0.2, 0.25) is 5.91 Å². The molecule has 0 bridgehead atoms. The van der Waals surface area contributed by atoms with Gasteiger partial charge in [0.15, 0.2) is 0 Å². The van der Waals surface area contributed by atoms with E-state index in [2.05, 4.69) is 26.1 Å². The average Bonchev–Trinajstić information content (AvgIpc) is 3.39. The van der Waals surface area contributed by atoms with Crippen LogP contribution in [0.2, 0.25) is 0 Å². The van der Waals surface area contributed by atoms with Crippen molar-refractivity contribution in [3.05, 3.63) is 72.4 Å². The molecule has 1 saturated heterocycles. The summed E-state index contributed by atoms with van der Waals surface area (Å²) in [7, 11) is 0. The third kappa shape index (κ3) is 3.67. The van der Waals surface area contributed by atoms with E-state index in [0.717, 1.165) is 16.9 Å². The third-order valence-corrected chi connectivity index (χ3v) is 4.60. The number of imidazole rings is 1. The zero-order valence-corrected chi connectivity index (χ0v) is 14.5. The highest BCUT2D eigenvalue weighted by Crippen LogP contribution is 2.29. The number of phenols is 1. The number of hydrogen-bond acceptors (Lipinski definition) is 6. The molecule has 1 aromatic carbocycles. The van der Waals surface area contributed by atoms with Gasteiger partial charge in [-0.05, 0) is 18.6 Å². The van der Waals surface area contributed by atoms with Crippen LogP contribution in [0.5, 0.6) is 5.75 Å². The Hall–Kier alpha value is -3.23. The van der Waals surface area contributed by atoms with E-state index in [1.165, 1.54) is 0 Å². The summed E-state index contributed by atoms with van der Waals surface area (Å²) in [5.41, 5.74) is 7.76. The lowest BCUT2D eigenvalue weighted by molar-refractivity contribution is -0.123. The summed E-state index contributed by atoms with van der Waals surface area (Å²) < 4.78 is 1.81. The van der Waals surface area contributed by atoms with Crippen molar-refractivity contribution in [2.24, 2.45) is 0 Å². The van der Waals surface area contributed by atoms with Crippen molar-refractivity contribution in [2.75, 3.05) is 0 Å². The van der Waals surface area contributed by atoms with Crippen molar-refractivity contribution in [3.63, 3.8) is 0 Å². The Labute approximate surface area is 156 Å². The second-order valence-electron chi connectivity index (χ2n) is 6.36. The summed E-state index contributed by atoms with van der Waals surface area (Å²) in [6.45, 7) is 0.361. The number of carbonyl (C=O) groups excluding carboxylic acids is 1. The molecule has 8 nitrogen and oxygen atoms in total. The van der Waals surface area contributed by atoms with Crippen LogP contribution in [0.4, 0.5) is 0 Å². The molecule has 2 atom stereocenters. The Balaban J connectivity index is 1.39. The lowest BCUT2D eigenvalue weighted by atomic mass is 10.0. The molecule has 3 heterocycles. The summed E-state index contributed by atoms with van der Waals surface area (Å²) in [6, 6.07) is 10.4. The van der Waals surface area contributed by atoms with Gasteiger partial charge in [-0.1, -0.05) is 24.3 Å². The van der Waals surface area contributed by atoms with Crippen molar-refractivity contribution in [3.8, 4) is 11.6 Å². The summed E-state index contributed by atoms with van der Waals surface area (Å²) in [6.07, 6.45) is 7.43. The number of pyridine rings is 1. The second-order valence-corrected chi connectivity index (χ2v) is 6.36. The molecule has 1 aliphatic heterocycles. The van der Waals surface area contributed by atoms with Crippen LogP contribution < -0.4 is 16.2 Å². The molecule has 0 saturated carbocycles.